The lowest BCUT2D eigenvalue weighted by molar-refractivity contribution is -0.137. The second kappa shape index (κ2) is 7.27. The minimum Gasteiger partial charge on any atom is -0.384 e. The Morgan fingerprint density at radius 3 is 2.67 bits per heavy atom. The van der Waals surface area contributed by atoms with Gasteiger partial charge in [-0.05, 0) is 25.1 Å². The molecule has 0 aliphatic rings. The fraction of sp³-hybridized carbons (Fsp3) is 0.214. The molecule has 24 heavy (non-hydrogen) atoms. The van der Waals surface area contributed by atoms with Crippen molar-refractivity contribution in [2.24, 2.45) is 0 Å². The average molecular weight is 377 g/mol. The molecule has 0 aliphatic carbocycles. The number of nitrogen functional groups attached to an aromatic ring is 1. The second-order valence-electron chi connectivity index (χ2n) is 4.74. The summed E-state index contributed by atoms with van der Waals surface area (Å²) in [6.07, 6.45) is -4.63. The minimum absolute atomic E-state index is 0.0710. The molecular weight excluding hydrogens is 365 g/mol. The summed E-state index contributed by atoms with van der Waals surface area (Å²) >= 11 is 6.56. The largest absolute Gasteiger partial charge is 0.418 e. The van der Waals surface area contributed by atoms with Crippen molar-refractivity contribution < 1.29 is 18.0 Å². The lowest BCUT2D eigenvalue weighted by atomic mass is 10.1. The molecule has 2 aromatic rings. The number of anilines is 2. The highest BCUT2D eigenvalue weighted by Crippen LogP contribution is 2.36. The molecule has 1 aromatic carbocycles. The fourth-order valence-corrected chi connectivity index (χ4v) is 2.69. The number of halogens is 4. The quantitative estimate of drug-likeness (QED) is 0.627. The Morgan fingerprint density at radius 1 is 1.33 bits per heavy atom. The summed E-state index contributed by atoms with van der Waals surface area (Å²) in [7, 11) is 0. The number of hydrogen-bond acceptors (Lipinski definition) is 5. The van der Waals surface area contributed by atoms with Crippen molar-refractivity contribution in [2.75, 3.05) is 16.8 Å². The molecule has 0 radical (unpaired) electrons. The number of thioether (sulfide) groups is 1. The Balaban J connectivity index is 2.07. The van der Waals surface area contributed by atoms with E-state index in [-0.39, 0.29) is 27.4 Å². The van der Waals surface area contributed by atoms with E-state index < -0.39 is 17.6 Å². The predicted octanol–water partition coefficient (Wildman–Crippen LogP) is 3.77. The number of nitrogens with one attached hydrogen (secondary N) is 1. The Hall–Kier alpha value is -2.00. The molecule has 0 aliphatic heterocycles. The monoisotopic (exact) mass is 376 g/mol. The van der Waals surface area contributed by atoms with Crippen LogP contribution in [0.15, 0.2) is 29.4 Å². The Bertz CT molecular complexity index is 750. The van der Waals surface area contributed by atoms with Crippen molar-refractivity contribution in [3.05, 3.63) is 40.5 Å². The van der Waals surface area contributed by atoms with E-state index in [2.05, 4.69) is 15.3 Å². The van der Waals surface area contributed by atoms with Crippen molar-refractivity contribution in [2.45, 2.75) is 18.3 Å². The topological polar surface area (TPSA) is 80.9 Å². The lowest BCUT2D eigenvalue weighted by Crippen LogP contribution is -2.18. The van der Waals surface area contributed by atoms with Gasteiger partial charge in [0.2, 0.25) is 5.91 Å². The first-order valence-corrected chi connectivity index (χ1v) is 7.92. The van der Waals surface area contributed by atoms with E-state index >= 15 is 0 Å². The number of benzene rings is 1. The van der Waals surface area contributed by atoms with E-state index in [1.807, 2.05) is 0 Å². The van der Waals surface area contributed by atoms with Gasteiger partial charge in [0.05, 0.1) is 17.0 Å². The molecule has 0 fully saturated rings. The van der Waals surface area contributed by atoms with Gasteiger partial charge < -0.3 is 11.1 Å². The Labute approximate surface area is 144 Å². The molecule has 128 valence electrons. The molecule has 2 rings (SSSR count). The van der Waals surface area contributed by atoms with Gasteiger partial charge >= 0.3 is 6.18 Å². The van der Waals surface area contributed by atoms with Crippen LogP contribution in [0.5, 0.6) is 0 Å². The lowest BCUT2D eigenvalue weighted by Gasteiger charge is -2.14. The molecule has 0 atom stereocenters. The Morgan fingerprint density at radius 2 is 2.04 bits per heavy atom. The zero-order valence-corrected chi connectivity index (χ0v) is 13.9. The third-order valence-corrected chi connectivity index (χ3v) is 3.83. The van der Waals surface area contributed by atoms with Crippen LogP contribution in [-0.4, -0.2) is 21.6 Å². The van der Waals surface area contributed by atoms with E-state index in [4.69, 9.17) is 17.3 Å². The number of aromatic nitrogens is 2. The molecule has 0 bridgehead atoms. The highest BCUT2D eigenvalue weighted by molar-refractivity contribution is 7.99. The normalized spacial score (nSPS) is 11.4. The maximum atomic E-state index is 13.0. The van der Waals surface area contributed by atoms with Crippen molar-refractivity contribution in [3.63, 3.8) is 0 Å². The summed E-state index contributed by atoms with van der Waals surface area (Å²) < 4.78 is 38.9. The van der Waals surface area contributed by atoms with Gasteiger partial charge in [0.15, 0.2) is 5.16 Å². The van der Waals surface area contributed by atoms with Crippen LogP contribution in [0.3, 0.4) is 0 Å². The van der Waals surface area contributed by atoms with Crippen LogP contribution in [-0.2, 0) is 11.0 Å². The zero-order chi connectivity index (χ0) is 17.9. The van der Waals surface area contributed by atoms with Gasteiger partial charge in [0.25, 0.3) is 0 Å². The number of nitrogens with two attached hydrogens (primary N) is 1. The van der Waals surface area contributed by atoms with Crippen LogP contribution in [0.4, 0.5) is 24.7 Å². The summed E-state index contributed by atoms with van der Waals surface area (Å²) in [6.45, 7) is 1.71. The molecule has 3 N–H and O–H groups in total. The van der Waals surface area contributed by atoms with Gasteiger partial charge in [-0.2, -0.15) is 13.2 Å². The number of carbonyl (C=O) groups is 1. The van der Waals surface area contributed by atoms with Gasteiger partial charge in [-0.25, -0.2) is 9.97 Å². The summed E-state index contributed by atoms with van der Waals surface area (Å²) in [5, 5.41) is 2.42. The number of rotatable bonds is 4. The van der Waals surface area contributed by atoms with Crippen LogP contribution in [0.1, 0.15) is 11.3 Å². The predicted molar refractivity (Wildman–Crippen MR) is 87.0 cm³/mol. The van der Waals surface area contributed by atoms with E-state index in [1.54, 1.807) is 13.0 Å². The smallest absolute Gasteiger partial charge is 0.384 e. The first-order chi connectivity index (χ1) is 11.1. The van der Waals surface area contributed by atoms with Crippen LogP contribution in [0.25, 0.3) is 0 Å². The number of carbonyl (C=O) groups excluding carboxylic acids is 1. The summed E-state index contributed by atoms with van der Waals surface area (Å²) in [4.78, 5) is 19.9. The van der Waals surface area contributed by atoms with E-state index in [0.717, 1.165) is 23.9 Å². The summed E-state index contributed by atoms with van der Waals surface area (Å²) in [6, 6.07) is 4.70. The second-order valence-corrected chi connectivity index (χ2v) is 6.12. The molecule has 0 saturated heterocycles. The third kappa shape index (κ3) is 5.00. The molecule has 5 nitrogen and oxygen atoms in total. The highest BCUT2D eigenvalue weighted by Gasteiger charge is 2.34. The highest BCUT2D eigenvalue weighted by atomic mass is 35.5. The van der Waals surface area contributed by atoms with Gasteiger partial charge in [0.1, 0.15) is 5.82 Å². The van der Waals surface area contributed by atoms with Crippen molar-refractivity contribution in [1.29, 1.82) is 0 Å². The number of hydrogen-bond donors (Lipinski definition) is 2. The van der Waals surface area contributed by atoms with Gasteiger partial charge in [0, 0.05) is 16.8 Å². The number of alkyl halides is 3. The number of amides is 1. The molecular formula is C14H12ClF3N4OS. The van der Waals surface area contributed by atoms with E-state index in [9.17, 15) is 18.0 Å². The molecule has 10 heteroatoms. The van der Waals surface area contributed by atoms with E-state index in [0.29, 0.717) is 5.69 Å². The number of aryl methyl sites for hydroxylation is 1. The summed E-state index contributed by atoms with van der Waals surface area (Å²) in [5.41, 5.74) is 4.83. The summed E-state index contributed by atoms with van der Waals surface area (Å²) in [5.74, 6) is -0.540. The third-order valence-electron chi connectivity index (χ3n) is 2.75. The SMILES string of the molecule is Cc1cc(N)nc(SCC(=O)Nc2ccc(Cl)cc2C(F)(F)F)n1. The molecule has 0 unspecified atom stereocenters. The Kier molecular flexibility index (Phi) is 5.55. The maximum absolute atomic E-state index is 13.0. The average Bonchev–Trinajstić information content (AvgIpc) is 2.45. The first-order valence-electron chi connectivity index (χ1n) is 6.55. The molecule has 1 aromatic heterocycles. The van der Waals surface area contributed by atoms with Crippen LogP contribution in [0, 0.1) is 6.92 Å². The fourth-order valence-electron chi connectivity index (χ4n) is 1.81. The van der Waals surface area contributed by atoms with Crippen molar-refractivity contribution >= 4 is 40.8 Å². The standard InChI is InChI=1S/C14H12ClF3N4OS/c1-7-4-11(19)22-13(20-7)24-6-12(23)21-10-3-2-8(15)5-9(10)14(16,17)18/h2-5H,6H2,1H3,(H,21,23)(H2,19,20,22). The van der Waals surface area contributed by atoms with Crippen LogP contribution >= 0.6 is 23.4 Å². The minimum atomic E-state index is -4.63. The van der Waals surface area contributed by atoms with Gasteiger partial charge in [-0.1, -0.05) is 23.4 Å². The van der Waals surface area contributed by atoms with Crippen molar-refractivity contribution in [1.82, 2.24) is 9.97 Å². The molecule has 1 amide bonds. The first kappa shape index (κ1) is 18.3. The molecule has 1 heterocycles. The maximum Gasteiger partial charge on any atom is 0.418 e. The van der Waals surface area contributed by atoms with Crippen LogP contribution in [0.2, 0.25) is 5.02 Å². The molecule has 0 spiro atoms. The zero-order valence-electron chi connectivity index (χ0n) is 12.3. The van der Waals surface area contributed by atoms with Gasteiger partial charge in [-0.15, -0.1) is 0 Å². The molecule has 0 saturated carbocycles. The van der Waals surface area contributed by atoms with Crippen molar-refractivity contribution in [3.8, 4) is 0 Å². The van der Waals surface area contributed by atoms with E-state index in [1.165, 1.54) is 6.07 Å². The van der Waals surface area contributed by atoms with Gasteiger partial charge in [-0.3, -0.25) is 4.79 Å². The number of nitrogens with zero attached hydrogens (tertiary/aromatic N) is 2. The van der Waals surface area contributed by atoms with Crippen LogP contribution < -0.4 is 11.1 Å².